The number of ketones is 1. The van der Waals surface area contributed by atoms with Gasteiger partial charge < -0.3 is 4.74 Å². The van der Waals surface area contributed by atoms with E-state index in [1.165, 1.54) is 0 Å². The summed E-state index contributed by atoms with van der Waals surface area (Å²) in [5.74, 6) is 0.536. The zero-order valence-corrected chi connectivity index (χ0v) is 11.1. The van der Waals surface area contributed by atoms with Crippen molar-refractivity contribution >= 4 is 5.78 Å². The van der Waals surface area contributed by atoms with Gasteiger partial charge >= 0.3 is 0 Å². The lowest BCUT2D eigenvalue weighted by Gasteiger charge is -2.10. The summed E-state index contributed by atoms with van der Waals surface area (Å²) >= 11 is 0. The summed E-state index contributed by atoms with van der Waals surface area (Å²) in [6.45, 7) is 6.60. The van der Waals surface area contributed by atoms with E-state index in [9.17, 15) is 4.79 Å². The van der Waals surface area contributed by atoms with Crippen LogP contribution in [0.3, 0.4) is 0 Å². The summed E-state index contributed by atoms with van der Waals surface area (Å²) in [7, 11) is 0. The van der Waals surface area contributed by atoms with Crippen LogP contribution in [0.15, 0.2) is 24.3 Å². The van der Waals surface area contributed by atoms with Gasteiger partial charge in [0.1, 0.15) is 11.7 Å². The lowest BCUT2D eigenvalue weighted by molar-refractivity contribution is -0.119. The van der Waals surface area contributed by atoms with Gasteiger partial charge in [0.05, 0.1) is 12.7 Å². The SMILES string of the molecule is CCC(=O)C(C#N)c1ccc(OCC(C)C)cc1. The van der Waals surface area contributed by atoms with Gasteiger partial charge in [0, 0.05) is 6.42 Å². The molecular weight excluding hydrogens is 226 g/mol. The average Bonchev–Trinajstić information content (AvgIpc) is 2.38. The molecule has 0 heterocycles. The van der Waals surface area contributed by atoms with Crippen LogP contribution in [0.5, 0.6) is 5.75 Å². The van der Waals surface area contributed by atoms with E-state index in [0.717, 1.165) is 11.3 Å². The fourth-order valence-corrected chi connectivity index (χ4v) is 1.56. The fourth-order valence-electron chi connectivity index (χ4n) is 1.56. The lowest BCUT2D eigenvalue weighted by Crippen LogP contribution is -2.09. The highest BCUT2D eigenvalue weighted by Crippen LogP contribution is 2.21. The van der Waals surface area contributed by atoms with Crippen LogP contribution in [0, 0.1) is 17.2 Å². The molecule has 0 radical (unpaired) electrons. The monoisotopic (exact) mass is 245 g/mol. The van der Waals surface area contributed by atoms with Crippen LogP contribution in [0.25, 0.3) is 0 Å². The molecule has 0 saturated heterocycles. The maximum absolute atomic E-state index is 11.6. The van der Waals surface area contributed by atoms with E-state index in [0.29, 0.717) is 18.9 Å². The van der Waals surface area contributed by atoms with E-state index < -0.39 is 5.92 Å². The predicted octanol–water partition coefficient (Wildman–Crippen LogP) is 3.31. The van der Waals surface area contributed by atoms with Crippen molar-refractivity contribution in [1.82, 2.24) is 0 Å². The number of Topliss-reactive ketones (excluding diaryl/α,β-unsaturated/α-hetero) is 1. The van der Waals surface area contributed by atoms with Gasteiger partial charge in [-0.05, 0) is 23.6 Å². The van der Waals surface area contributed by atoms with Crippen LogP contribution in [0.4, 0.5) is 0 Å². The summed E-state index contributed by atoms with van der Waals surface area (Å²) in [6.07, 6.45) is 0.379. The molecule has 0 aliphatic heterocycles. The maximum Gasteiger partial charge on any atom is 0.154 e. The Morgan fingerprint density at radius 3 is 2.39 bits per heavy atom. The average molecular weight is 245 g/mol. The lowest BCUT2D eigenvalue weighted by atomic mass is 9.95. The highest BCUT2D eigenvalue weighted by atomic mass is 16.5. The van der Waals surface area contributed by atoms with Crippen molar-refractivity contribution in [3.05, 3.63) is 29.8 Å². The van der Waals surface area contributed by atoms with Gasteiger partial charge in [-0.2, -0.15) is 5.26 Å². The van der Waals surface area contributed by atoms with Gasteiger partial charge in [0.25, 0.3) is 0 Å². The van der Waals surface area contributed by atoms with Crippen LogP contribution in [0.2, 0.25) is 0 Å². The van der Waals surface area contributed by atoms with Crippen molar-refractivity contribution in [2.45, 2.75) is 33.1 Å². The zero-order valence-electron chi connectivity index (χ0n) is 11.1. The van der Waals surface area contributed by atoms with E-state index in [-0.39, 0.29) is 5.78 Å². The predicted molar refractivity (Wildman–Crippen MR) is 70.4 cm³/mol. The van der Waals surface area contributed by atoms with Crippen LogP contribution >= 0.6 is 0 Å². The largest absolute Gasteiger partial charge is 0.493 e. The summed E-state index contributed by atoms with van der Waals surface area (Å²) < 4.78 is 5.55. The maximum atomic E-state index is 11.6. The molecule has 1 aromatic rings. The first kappa shape index (κ1) is 14.2. The number of carbonyl (C=O) groups excluding carboxylic acids is 1. The second-order valence-corrected chi connectivity index (χ2v) is 4.66. The first-order chi connectivity index (χ1) is 8.58. The third kappa shape index (κ3) is 3.89. The summed E-state index contributed by atoms with van der Waals surface area (Å²) in [5, 5.41) is 9.02. The molecular formula is C15H19NO2. The minimum Gasteiger partial charge on any atom is -0.493 e. The smallest absolute Gasteiger partial charge is 0.154 e. The normalized spacial score (nSPS) is 11.9. The quantitative estimate of drug-likeness (QED) is 0.772. The van der Waals surface area contributed by atoms with Crippen molar-refractivity contribution in [2.75, 3.05) is 6.61 Å². The highest BCUT2D eigenvalue weighted by Gasteiger charge is 2.17. The van der Waals surface area contributed by atoms with Crippen molar-refractivity contribution in [3.63, 3.8) is 0 Å². The Kier molecular flexibility index (Phi) is 5.38. The van der Waals surface area contributed by atoms with Gasteiger partial charge in [-0.15, -0.1) is 0 Å². The summed E-state index contributed by atoms with van der Waals surface area (Å²) in [4.78, 5) is 11.6. The van der Waals surface area contributed by atoms with Crippen molar-refractivity contribution in [2.24, 2.45) is 5.92 Å². The zero-order chi connectivity index (χ0) is 13.5. The Morgan fingerprint density at radius 1 is 1.33 bits per heavy atom. The van der Waals surface area contributed by atoms with Crippen molar-refractivity contribution < 1.29 is 9.53 Å². The molecule has 1 atom stereocenters. The van der Waals surface area contributed by atoms with Crippen LogP contribution in [-0.4, -0.2) is 12.4 Å². The Morgan fingerprint density at radius 2 is 1.94 bits per heavy atom. The molecule has 18 heavy (non-hydrogen) atoms. The molecule has 0 aromatic heterocycles. The van der Waals surface area contributed by atoms with E-state index in [1.54, 1.807) is 19.1 Å². The molecule has 3 nitrogen and oxygen atoms in total. The first-order valence-corrected chi connectivity index (χ1v) is 6.23. The molecule has 0 N–H and O–H groups in total. The fraction of sp³-hybridized carbons (Fsp3) is 0.467. The minimum absolute atomic E-state index is 0.0478. The van der Waals surface area contributed by atoms with Crippen molar-refractivity contribution in [1.29, 1.82) is 5.26 Å². The number of nitrogens with zero attached hydrogens (tertiary/aromatic N) is 1. The number of hydrogen-bond acceptors (Lipinski definition) is 3. The Balaban J connectivity index is 2.75. The van der Waals surface area contributed by atoms with Gasteiger partial charge in [-0.25, -0.2) is 0 Å². The van der Waals surface area contributed by atoms with E-state index >= 15 is 0 Å². The molecule has 96 valence electrons. The Labute approximate surface area is 108 Å². The second-order valence-electron chi connectivity index (χ2n) is 4.66. The molecule has 0 fully saturated rings. The third-order valence-corrected chi connectivity index (χ3v) is 2.60. The Hall–Kier alpha value is -1.82. The number of rotatable bonds is 6. The topological polar surface area (TPSA) is 50.1 Å². The molecule has 1 rings (SSSR count). The summed E-state index contributed by atoms with van der Waals surface area (Å²) in [5.41, 5.74) is 0.737. The number of carbonyl (C=O) groups is 1. The number of nitriles is 1. The Bertz CT molecular complexity index is 429. The third-order valence-electron chi connectivity index (χ3n) is 2.60. The molecule has 0 aliphatic rings. The van der Waals surface area contributed by atoms with Crippen LogP contribution in [0.1, 0.15) is 38.7 Å². The highest BCUT2D eigenvalue weighted by molar-refractivity contribution is 5.88. The van der Waals surface area contributed by atoms with Gasteiger partial charge in [-0.1, -0.05) is 32.9 Å². The molecule has 0 spiro atoms. The second kappa shape index (κ2) is 6.80. The van der Waals surface area contributed by atoms with Crippen LogP contribution in [-0.2, 0) is 4.79 Å². The molecule has 0 amide bonds. The standard InChI is InChI=1S/C15H19NO2/c1-4-15(17)14(9-16)12-5-7-13(8-6-12)18-10-11(2)3/h5-8,11,14H,4,10H2,1-3H3. The molecule has 3 heteroatoms. The van der Waals surface area contributed by atoms with Gasteiger partial charge in [0.2, 0.25) is 0 Å². The van der Waals surface area contributed by atoms with E-state index in [4.69, 9.17) is 10.00 Å². The van der Waals surface area contributed by atoms with Gasteiger partial charge in [0.15, 0.2) is 5.78 Å². The van der Waals surface area contributed by atoms with E-state index in [2.05, 4.69) is 13.8 Å². The molecule has 1 unspecified atom stereocenters. The molecule has 0 saturated carbocycles. The molecule has 1 aromatic carbocycles. The van der Waals surface area contributed by atoms with Crippen molar-refractivity contribution in [3.8, 4) is 11.8 Å². The van der Waals surface area contributed by atoms with E-state index in [1.807, 2.05) is 18.2 Å². The molecule has 0 aliphatic carbocycles. The number of ether oxygens (including phenoxy) is 1. The number of hydrogen-bond donors (Lipinski definition) is 0. The first-order valence-electron chi connectivity index (χ1n) is 6.23. The summed E-state index contributed by atoms with van der Waals surface area (Å²) in [6, 6.07) is 9.25. The minimum atomic E-state index is -0.658. The van der Waals surface area contributed by atoms with Gasteiger partial charge in [-0.3, -0.25) is 4.79 Å². The van der Waals surface area contributed by atoms with Crippen LogP contribution < -0.4 is 4.74 Å². The molecule has 0 bridgehead atoms. The number of benzene rings is 1.